The first-order valence-electron chi connectivity index (χ1n) is 13.7. The summed E-state index contributed by atoms with van der Waals surface area (Å²) in [6.45, 7) is 11.2. The number of aliphatic hydroxyl groups is 1. The molecule has 42 heavy (non-hydrogen) atoms. The van der Waals surface area contributed by atoms with E-state index in [1.807, 2.05) is 40.7 Å². The highest BCUT2D eigenvalue weighted by molar-refractivity contribution is 7.91. The van der Waals surface area contributed by atoms with Crippen molar-refractivity contribution in [3.63, 3.8) is 0 Å². The Hall–Kier alpha value is -3.58. The summed E-state index contributed by atoms with van der Waals surface area (Å²) in [7, 11) is -3.54. The summed E-state index contributed by atoms with van der Waals surface area (Å²) >= 11 is 0. The monoisotopic (exact) mass is 590 g/mol. The Kier molecular flexibility index (Phi) is 7.55. The van der Waals surface area contributed by atoms with E-state index in [1.165, 1.54) is 11.0 Å². The molecule has 0 radical (unpaired) electrons. The number of aromatic nitrogens is 3. The first-order valence-corrected chi connectivity index (χ1v) is 15.2. The Morgan fingerprint density at radius 1 is 1.07 bits per heavy atom. The molecule has 10 nitrogen and oxygen atoms in total. The zero-order valence-electron chi connectivity index (χ0n) is 24.8. The molecule has 1 atom stereocenters. The number of sulfone groups is 1. The van der Waals surface area contributed by atoms with Crippen LogP contribution in [0.3, 0.4) is 0 Å². The van der Waals surface area contributed by atoms with Crippen LogP contribution in [0.4, 0.5) is 0 Å². The largest absolute Gasteiger partial charge is 0.517 e. The lowest BCUT2D eigenvalue weighted by molar-refractivity contribution is 0.00578. The summed E-state index contributed by atoms with van der Waals surface area (Å²) in [5.41, 5.74) is 2.01. The van der Waals surface area contributed by atoms with Crippen LogP contribution in [-0.4, -0.2) is 77.3 Å². The molecule has 0 spiro atoms. The van der Waals surface area contributed by atoms with Crippen molar-refractivity contribution in [2.24, 2.45) is 0 Å². The van der Waals surface area contributed by atoms with Crippen LogP contribution in [0.25, 0.3) is 22.3 Å². The topological polar surface area (TPSA) is 135 Å². The Balaban J connectivity index is 1.62. The normalized spacial score (nSPS) is 17.0. The number of H-pyrrole nitrogens is 1. The van der Waals surface area contributed by atoms with Gasteiger partial charge in [-0.05, 0) is 76.9 Å². The van der Waals surface area contributed by atoms with E-state index in [0.29, 0.717) is 16.6 Å². The van der Waals surface area contributed by atoms with E-state index >= 15 is 0 Å². The number of carbonyl (C=O) groups excluding carboxylic acids is 1. The van der Waals surface area contributed by atoms with Crippen molar-refractivity contribution in [1.82, 2.24) is 19.9 Å². The van der Waals surface area contributed by atoms with Crippen molar-refractivity contribution in [1.29, 1.82) is 0 Å². The zero-order valence-corrected chi connectivity index (χ0v) is 25.6. The second-order valence-corrected chi connectivity index (χ2v) is 13.7. The maximum Gasteiger partial charge on any atom is 0.517 e. The van der Waals surface area contributed by atoms with Crippen LogP contribution in [0.1, 0.15) is 50.5 Å². The minimum Gasteiger partial charge on any atom is -0.398 e. The molecule has 2 aromatic heterocycles. The first-order chi connectivity index (χ1) is 19.6. The van der Waals surface area contributed by atoms with E-state index in [0.717, 1.165) is 11.1 Å². The molecule has 5 rings (SSSR count). The molecule has 0 aliphatic carbocycles. The fourth-order valence-corrected chi connectivity index (χ4v) is 6.29. The number of amides is 1. The highest BCUT2D eigenvalue weighted by Crippen LogP contribution is 2.37. The number of hydrogen-bond acceptors (Lipinski definition) is 8. The second-order valence-electron chi connectivity index (χ2n) is 11.8. The van der Waals surface area contributed by atoms with Crippen LogP contribution in [0, 0.1) is 6.92 Å². The number of aliphatic hydroxyl groups excluding tert-OH is 1. The molecular weight excluding hydrogens is 555 g/mol. The summed E-state index contributed by atoms with van der Waals surface area (Å²) in [4.78, 5) is 26.8. The molecule has 2 aromatic carbocycles. The van der Waals surface area contributed by atoms with Gasteiger partial charge in [-0.15, -0.1) is 0 Å². The average molecular weight is 591 g/mol. The number of carbonyl (C=O) groups is 1. The van der Waals surface area contributed by atoms with E-state index in [-0.39, 0.29) is 33.6 Å². The van der Waals surface area contributed by atoms with Crippen LogP contribution in [-0.2, 0) is 19.1 Å². The number of nitrogens with one attached hydrogen (secondary N) is 1. The Morgan fingerprint density at radius 2 is 1.71 bits per heavy atom. The minimum absolute atomic E-state index is 0.0649. The standard InChI is InChI=1S/C30H35BN4O6S/c1-18-9-8-10-22(15-18)42(38,39)27-25(31-40-29(3,4)30(5,6)41-31)33-24-23(16-32-26(24)34-27)20-11-13-21(14-12-20)28(37)35(7)17-19(2)36/h8-16,19,36H,17H2,1-7H3,(H,32,34). The van der Waals surface area contributed by atoms with Crippen LogP contribution in [0.5, 0.6) is 0 Å². The van der Waals surface area contributed by atoms with Gasteiger partial charge in [0, 0.05) is 30.9 Å². The molecule has 0 bridgehead atoms. The van der Waals surface area contributed by atoms with Crippen LogP contribution >= 0.6 is 0 Å². The van der Waals surface area contributed by atoms with Crippen molar-refractivity contribution < 1.29 is 27.6 Å². The molecule has 0 saturated carbocycles. The van der Waals surface area contributed by atoms with Crippen LogP contribution in [0.2, 0.25) is 0 Å². The third-order valence-electron chi connectivity index (χ3n) is 7.86. The van der Waals surface area contributed by atoms with E-state index in [9.17, 15) is 18.3 Å². The van der Waals surface area contributed by atoms with Gasteiger partial charge >= 0.3 is 7.12 Å². The third kappa shape index (κ3) is 5.35. The van der Waals surface area contributed by atoms with Crippen LogP contribution in [0.15, 0.2) is 64.6 Å². The van der Waals surface area contributed by atoms with Gasteiger partial charge in [0.15, 0.2) is 10.7 Å². The summed E-state index contributed by atoms with van der Waals surface area (Å²) in [5, 5.41) is 9.39. The van der Waals surface area contributed by atoms with Gasteiger partial charge in [0.2, 0.25) is 9.84 Å². The molecule has 1 amide bonds. The van der Waals surface area contributed by atoms with Crippen molar-refractivity contribution in [3.8, 4) is 11.1 Å². The number of hydrogen-bond donors (Lipinski definition) is 2. The van der Waals surface area contributed by atoms with E-state index in [4.69, 9.17) is 14.3 Å². The highest BCUT2D eigenvalue weighted by Gasteiger charge is 2.54. The average Bonchev–Trinajstić information content (AvgIpc) is 3.43. The van der Waals surface area contributed by atoms with Crippen molar-refractivity contribution in [2.45, 2.75) is 68.8 Å². The van der Waals surface area contributed by atoms with Gasteiger partial charge in [-0.1, -0.05) is 24.3 Å². The van der Waals surface area contributed by atoms with Gasteiger partial charge in [0.1, 0.15) is 11.1 Å². The van der Waals surface area contributed by atoms with Crippen molar-refractivity contribution in [3.05, 3.63) is 65.9 Å². The van der Waals surface area contributed by atoms with E-state index in [2.05, 4.69) is 9.97 Å². The number of rotatable bonds is 7. The van der Waals surface area contributed by atoms with Crippen LogP contribution < -0.4 is 5.59 Å². The molecule has 3 heterocycles. The lowest BCUT2D eigenvalue weighted by Crippen LogP contribution is -2.41. The van der Waals surface area contributed by atoms with Crippen molar-refractivity contribution in [2.75, 3.05) is 13.6 Å². The third-order valence-corrected chi connectivity index (χ3v) is 9.54. The zero-order chi connectivity index (χ0) is 30.6. The number of likely N-dealkylation sites (N-methyl/N-ethyl adjacent to an activating group) is 1. The number of benzene rings is 2. The molecule has 1 aliphatic rings. The predicted octanol–water partition coefficient (Wildman–Crippen LogP) is 3.52. The molecule has 1 unspecified atom stereocenters. The number of fused-ring (bicyclic) bond motifs is 1. The van der Waals surface area contributed by atoms with Crippen molar-refractivity contribution >= 4 is 39.6 Å². The predicted molar refractivity (Wildman–Crippen MR) is 160 cm³/mol. The minimum atomic E-state index is -4.10. The number of aromatic amines is 1. The summed E-state index contributed by atoms with van der Waals surface area (Å²) < 4.78 is 40.4. The van der Waals surface area contributed by atoms with E-state index in [1.54, 1.807) is 56.6 Å². The van der Waals surface area contributed by atoms with Gasteiger partial charge in [-0.25, -0.2) is 18.4 Å². The van der Waals surface area contributed by atoms with Gasteiger partial charge in [0.25, 0.3) is 5.91 Å². The molecule has 2 N–H and O–H groups in total. The van der Waals surface area contributed by atoms with Gasteiger partial charge < -0.3 is 24.3 Å². The number of nitrogens with zero attached hydrogens (tertiary/aromatic N) is 3. The van der Waals surface area contributed by atoms with Gasteiger partial charge in [0.05, 0.1) is 22.2 Å². The Bertz CT molecular complexity index is 1750. The molecule has 220 valence electrons. The number of aryl methyl sites for hydroxylation is 1. The first kappa shape index (κ1) is 29.9. The SMILES string of the molecule is Cc1cccc(S(=O)(=O)c2nc3[nH]cc(-c4ccc(C(=O)N(C)CC(C)O)cc4)c3nc2B2OC(C)(C)C(C)(C)O2)c1. The molecule has 12 heteroatoms. The maximum atomic E-state index is 14.0. The second kappa shape index (κ2) is 10.6. The lowest BCUT2D eigenvalue weighted by Gasteiger charge is -2.32. The summed E-state index contributed by atoms with van der Waals surface area (Å²) in [6, 6.07) is 13.6. The fraction of sp³-hybridized carbons (Fsp3) is 0.367. The maximum absolute atomic E-state index is 14.0. The molecule has 1 saturated heterocycles. The molecular formula is C30H35BN4O6S. The molecule has 4 aromatic rings. The molecule has 1 aliphatic heterocycles. The van der Waals surface area contributed by atoms with Gasteiger partial charge in [-0.2, -0.15) is 0 Å². The highest BCUT2D eigenvalue weighted by atomic mass is 32.2. The Morgan fingerprint density at radius 3 is 2.31 bits per heavy atom. The molecule has 1 fully saturated rings. The quantitative estimate of drug-likeness (QED) is 0.313. The Labute approximate surface area is 246 Å². The van der Waals surface area contributed by atoms with Gasteiger partial charge in [-0.3, -0.25) is 4.79 Å². The summed E-state index contributed by atoms with van der Waals surface area (Å²) in [5.74, 6) is -0.213. The fourth-order valence-electron chi connectivity index (χ4n) is 4.84. The summed E-state index contributed by atoms with van der Waals surface area (Å²) in [6.07, 6.45) is 1.07. The lowest BCUT2D eigenvalue weighted by atomic mass is 9.85. The smallest absolute Gasteiger partial charge is 0.398 e. The van der Waals surface area contributed by atoms with E-state index < -0.39 is 34.3 Å².